The molecule has 0 radical (unpaired) electrons. The number of nitriles is 1. The Labute approximate surface area is 74.7 Å². The number of rotatable bonds is 6. The van der Waals surface area contributed by atoms with Crippen LogP contribution in [0.5, 0.6) is 0 Å². The van der Waals surface area contributed by atoms with Gasteiger partial charge in [0.15, 0.2) is 0 Å². The van der Waals surface area contributed by atoms with E-state index in [0.717, 1.165) is 6.42 Å². The van der Waals surface area contributed by atoms with E-state index in [1.165, 1.54) is 0 Å². The summed E-state index contributed by atoms with van der Waals surface area (Å²) in [6.45, 7) is 1.91. The highest BCUT2D eigenvalue weighted by Crippen LogP contribution is 2.52. The summed E-state index contributed by atoms with van der Waals surface area (Å²) in [6, 6.07) is 1.88. The first-order chi connectivity index (χ1) is 5.62. The van der Waals surface area contributed by atoms with Gasteiger partial charge in [-0.25, -0.2) is 0 Å². The topological polar surface area (TPSA) is 23.8 Å². The van der Waals surface area contributed by atoms with Crippen molar-refractivity contribution in [3.8, 4) is 6.07 Å². The van der Waals surface area contributed by atoms with Crippen molar-refractivity contribution in [2.45, 2.75) is 32.6 Å². The molecule has 0 unspecified atom stereocenters. The first-order valence-electron chi connectivity index (χ1n) is 4.17. The number of hydrogen-bond acceptors (Lipinski definition) is 1. The summed E-state index contributed by atoms with van der Waals surface area (Å²) in [5.41, 5.74) is 0. The van der Waals surface area contributed by atoms with Crippen LogP contribution >= 0.6 is 10.8 Å². The van der Waals surface area contributed by atoms with E-state index in [2.05, 4.69) is 0 Å². The van der Waals surface area contributed by atoms with E-state index < -0.39 is 10.8 Å². The molecule has 0 amide bonds. The molecule has 0 N–H and O–H groups in total. The zero-order chi connectivity index (χ0) is 9.45. The van der Waals surface area contributed by atoms with Crippen molar-refractivity contribution in [3.63, 3.8) is 0 Å². The zero-order valence-electron chi connectivity index (χ0n) is 7.35. The van der Waals surface area contributed by atoms with E-state index in [-0.39, 0.29) is 17.9 Å². The zero-order valence-corrected chi connectivity index (χ0v) is 8.17. The van der Waals surface area contributed by atoms with Crippen LogP contribution in [0.25, 0.3) is 0 Å². The minimum Gasteiger partial charge on any atom is -0.198 e. The van der Waals surface area contributed by atoms with Crippen LogP contribution in [0.1, 0.15) is 32.6 Å². The van der Waals surface area contributed by atoms with E-state index in [4.69, 9.17) is 5.26 Å². The van der Waals surface area contributed by atoms with Crippen LogP contribution in [0, 0.1) is 11.3 Å². The molecule has 0 aliphatic carbocycles. The van der Waals surface area contributed by atoms with Crippen molar-refractivity contribution in [1.82, 2.24) is 0 Å². The lowest BCUT2D eigenvalue weighted by atomic mass is 10.4. The molecule has 0 aromatic heterocycles. The summed E-state index contributed by atoms with van der Waals surface area (Å²) < 4.78 is 25.8. The minimum absolute atomic E-state index is 0.0505. The van der Waals surface area contributed by atoms with E-state index in [1.54, 1.807) is 0 Å². The van der Waals surface area contributed by atoms with Gasteiger partial charge in [-0.2, -0.15) is 13.0 Å². The van der Waals surface area contributed by atoms with Gasteiger partial charge in [0.25, 0.3) is 0 Å². The van der Waals surface area contributed by atoms with Gasteiger partial charge in [0.05, 0.1) is 16.9 Å². The SMILES string of the molecule is CCCCS(F)(F)CCCC#N. The Bertz CT molecular complexity index is 154. The first kappa shape index (κ1) is 11.7. The fourth-order valence-corrected chi connectivity index (χ4v) is 2.30. The maximum absolute atomic E-state index is 12.9. The molecule has 0 aromatic rings. The average molecular weight is 195 g/mol. The fraction of sp³-hybridized carbons (Fsp3) is 0.875. The Morgan fingerprint density at radius 1 is 1.25 bits per heavy atom. The van der Waals surface area contributed by atoms with Gasteiger partial charge in [0.2, 0.25) is 0 Å². The molecule has 1 nitrogen and oxygen atoms in total. The summed E-state index contributed by atoms with van der Waals surface area (Å²) in [7, 11) is -3.37. The van der Waals surface area contributed by atoms with Crippen LogP contribution in [-0.4, -0.2) is 11.5 Å². The molecule has 0 aliphatic heterocycles. The van der Waals surface area contributed by atoms with Gasteiger partial charge in [-0.15, -0.1) is 0 Å². The van der Waals surface area contributed by atoms with Gasteiger partial charge < -0.3 is 0 Å². The molecule has 0 saturated carbocycles. The normalized spacial score (nSPS) is 12.5. The molecule has 0 aliphatic rings. The van der Waals surface area contributed by atoms with Gasteiger partial charge in [0.1, 0.15) is 0 Å². The van der Waals surface area contributed by atoms with Gasteiger partial charge in [-0.3, -0.25) is 0 Å². The number of unbranched alkanes of at least 4 members (excludes halogenated alkanes) is 2. The van der Waals surface area contributed by atoms with Gasteiger partial charge >= 0.3 is 0 Å². The number of nitrogens with zero attached hydrogens (tertiary/aromatic N) is 1. The second-order valence-electron chi connectivity index (χ2n) is 2.72. The van der Waals surface area contributed by atoms with Gasteiger partial charge in [-0.05, 0) is 12.8 Å². The Morgan fingerprint density at radius 2 is 1.83 bits per heavy atom. The molecule has 4 heteroatoms. The summed E-state index contributed by atoms with van der Waals surface area (Å²) in [4.78, 5) is 0. The van der Waals surface area contributed by atoms with Crippen molar-refractivity contribution in [3.05, 3.63) is 0 Å². The molecule has 0 fully saturated rings. The van der Waals surface area contributed by atoms with Crippen molar-refractivity contribution >= 4 is 10.8 Å². The van der Waals surface area contributed by atoms with Crippen LogP contribution in [0.3, 0.4) is 0 Å². The quantitative estimate of drug-likeness (QED) is 0.593. The monoisotopic (exact) mass is 195 g/mol. The lowest BCUT2D eigenvalue weighted by molar-refractivity contribution is 0.711. The molecule has 0 atom stereocenters. The van der Waals surface area contributed by atoms with Crippen molar-refractivity contribution in [2.75, 3.05) is 11.5 Å². The lowest BCUT2D eigenvalue weighted by Gasteiger charge is -2.19. The van der Waals surface area contributed by atoms with Crippen molar-refractivity contribution in [2.24, 2.45) is 0 Å². The van der Waals surface area contributed by atoms with Crippen LogP contribution in [0.15, 0.2) is 0 Å². The third-order valence-corrected chi connectivity index (χ3v) is 3.30. The second-order valence-corrected chi connectivity index (χ2v) is 4.94. The highest BCUT2D eigenvalue weighted by atomic mass is 32.3. The van der Waals surface area contributed by atoms with Crippen LogP contribution < -0.4 is 0 Å². The maximum Gasteiger partial charge on any atom is 0.0622 e. The van der Waals surface area contributed by atoms with E-state index in [9.17, 15) is 7.77 Å². The number of halogens is 2. The van der Waals surface area contributed by atoms with Crippen LogP contribution in [0.2, 0.25) is 0 Å². The van der Waals surface area contributed by atoms with Crippen LogP contribution in [0.4, 0.5) is 7.77 Å². The molecular weight excluding hydrogens is 180 g/mol. The average Bonchev–Trinajstić information content (AvgIpc) is 2.01. The van der Waals surface area contributed by atoms with E-state index in [0.29, 0.717) is 12.8 Å². The van der Waals surface area contributed by atoms with E-state index >= 15 is 0 Å². The predicted molar refractivity (Wildman–Crippen MR) is 49.3 cm³/mol. The molecule has 0 spiro atoms. The van der Waals surface area contributed by atoms with Gasteiger partial charge in [-0.1, -0.05) is 13.3 Å². The Kier molecular flexibility index (Phi) is 6.09. The first-order valence-corrected chi connectivity index (χ1v) is 5.94. The largest absolute Gasteiger partial charge is 0.198 e. The smallest absolute Gasteiger partial charge is 0.0622 e. The Hall–Kier alpha value is -0.300. The summed E-state index contributed by atoms with van der Waals surface area (Å²) in [6.07, 6.45) is 2.03. The molecular formula is C8H15F2NS. The van der Waals surface area contributed by atoms with Crippen molar-refractivity contribution < 1.29 is 7.77 Å². The summed E-state index contributed by atoms with van der Waals surface area (Å²) in [5.74, 6) is -0.00448. The minimum atomic E-state index is -3.37. The Balaban J connectivity index is 3.50. The molecule has 72 valence electrons. The van der Waals surface area contributed by atoms with Crippen LogP contribution in [-0.2, 0) is 0 Å². The standard InChI is InChI=1S/C8H15F2NS/c1-2-3-7-12(9,10)8-5-4-6-11/h2-5,7-8H2,1H3. The highest BCUT2D eigenvalue weighted by molar-refractivity contribution is 8.25. The molecule has 12 heavy (non-hydrogen) atoms. The highest BCUT2D eigenvalue weighted by Gasteiger charge is 2.20. The van der Waals surface area contributed by atoms with E-state index in [1.807, 2.05) is 13.0 Å². The molecule has 0 heterocycles. The molecule has 0 saturated heterocycles. The maximum atomic E-state index is 12.9. The lowest BCUT2D eigenvalue weighted by Crippen LogP contribution is -1.98. The third kappa shape index (κ3) is 6.41. The summed E-state index contributed by atoms with van der Waals surface area (Å²) >= 11 is 0. The molecule has 0 aromatic carbocycles. The number of hydrogen-bond donors (Lipinski definition) is 0. The van der Waals surface area contributed by atoms with Crippen molar-refractivity contribution in [1.29, 1.82) is 5.26 Å². The summed E-state index contributed by atoms with van der Waals surface area (Å²) in [5, 5.41) is 8.15. The Morgan fingerprint density at radius 3 is 2.33 bits per heavy atom. The molecule has 0 rings (SSSR count). The van der Waals surface area contributed by atoms with Gasteiger partial charge in [0, 0.05) is 17.9 Å². The predicted octanol–water partition coefficient (Wildman–Crippen LogP) is 3.66. The second kappa shape index (κ2) is 6.24. The third-order valence-electron chi connectivity index (χ3n) is 1.53. The molecule has 0 bridgehead atoms. The fourth-order valence-electron chi connectivity index (χ4n) is 0.820.